The van der Waals surface area contributed by atoms with Crippen molar-refractivity contribution in [1.82, 2.24) is 10.6 Å². The van der Waals surface area contributed by atoms with Crippen LogP contribution in [0.1, 0.15) is 48.5 Å². The van der Waals surface area contributed by atoms with E-state index in [2.05, 4.69) is 10.6 Å². The Balaban J connectivity index is 1.94. The van der Waals surface area contributed by atoms with Gasteiger partial charge in [-0.15, -0.1) is 0 Å². The highest BCUT2D eigenvalue weighted by atomic mass is 16.8. The first kappa shape index (κ1) is 18.4. The van der Waals surface area contributed by atoms with Gasteiger partial charge in [-0.1, -0.05) is 6.92 Å². The molecule has 1 aliphatic rings. The average Bonchev–Trinajstić information content (AvgIpc) is 2.65. The van der Waals surface area contributed by atoms with Crippen LogP contribution in [0, 0.1) is 10.8 Å². The maximum atomic E-state index is 12.4. The fraction of sp³-hybridized carbons (Fsp3) is 0.611. The van der Waals surface area contributed by atoms with Crippen LogP contribution in [0.5, 0.6) is 0 Å². The molecule has 6 nitrogen and oxygen atoms in total. The number of aryl methyl sites for hydroxylation is 1. The second-order valence-corrected chi connectivity index (χ2v) is 6.35. The summed E-state index contributed by atoms with van der Waals surface area (Å²) in [4.78, 5) is 29.2. The molecule has 0 spiro atoms. The topological polar surface area (TPSA) is 70.4 Å². The average molecular weight is 334 g/mol. The van der Waals surface area contributed by atoms with E-state index in [4.69, 9.17) is 4.84 Å². The van der Waals surface area contributed by atoms with Crippen molar-refractivity contribution in [3.8, 4) is 0 Å². The first-order valence-corrected chi connectivity index (χ1v) is 8.68. The first-order chi connectivity index (χ1) is 11.6. The summed E-state index contributed by atoms with van der Waals surface area (Å²) in [5, 5.41) is 6.35. The molecule has 2 N–H and O–H groups in total. The summed E-state index contributed by atoms with van der Waals surface area (Å²) >= 11 is 0. The van der Waals surface area contributed by atoms with E-state index in [-0.39, 0.29) is 5.91 Å². The summed E-state index contributed by atoms with van der Waals surface area (Å²) in [5.74, 6) is 0.468. The number of hydrogen-bond donors (Lipinski definition) is 2. The van der Waals surface area contributed by atoms with Gasteiger partial charge in [0.1, 0.15) is 0 Å². The van der Waals surface area contributed by atoms with Crippen molar-refractivity contribution in [1.29, 1.82) is 0 Å². The number of hydrogen-bond acceptors (Lipinski definition) is 4. The van der Waals surface area contributed by atoms with Gasteiger partial charge < -0.3 is 10.6 Å². The summed E-state index contributed by atoms with van der Waals surface area (Å²) in [6, 6.07) is 5.70. The van der Waals surface area contributed by atoms with Gasteiger partial charge in [0, 0.05) is 29.8 Å². The number of nitrogens with zero attached hydrogens (tertiary/aromatic N) is 1. The summed E-state index contributed by atoms with van der Waals surface area (Å²) < 4.78 is 0. The fourth-order valence-corrected chi connectivity index (χ4v) is 3.28. The Kier molecular flexibility index (Phi) is 6.73. The third-order valence-electron chi connectivity index (χ3n) is 4.89. The minimum Gasteiger partial charge on any atom is -0.352 e. The number of carbonyl (C=O) groups is 1. The number of nitrogens with one attached hydrogen (secondary N) is 2. The van der Waals surface area contributed by atoms with Crippen LogP contribution in [-0.4, -0.2) is 37.6 Å². The van der Waals surface area contributed by atoms with Crippen molar-refractivity contribution in [3.05, 3.63) is 34.2 Å². The monoisotopic (exact) mass is 334 g/mol. The minimum atomic E-state index is -0.0816. The van der Waals surface area contributed by atoms with E-state index >= 15 is 0 Å². The maximum absolute atomic E-state index is 12.4. The van der Waals surface area contributed by atoms with Crippen LogP contribution in [0.15, 0.2) is 18.2 Å². The predicted octanol–water partition coefficient (Wildman–Crippen LogP) is 2.73. The molecule has 0 aliphatic heterocycles. The van der Waals surface area contributed by atoms with E-state index in [0.717, 1.165) is 18.4 Å². The van der Waals surface area contributed by atoms with Gasteiger partial charge in [-0.25, -0.2) is 4.84 Å². The minimum absolute atomic E-state index is 0.0816. The van der Waals surface area contributed by atoms with Gasteiger partial charge in [0.25, 0.3) is 10.8 Å². The van der Waals surface area contributed by atoms with E-state index in [1.54, 1.807) is 18.2 Å². The molecule has 0 saturated heterocycles. The molecule has 1 aromatic carbocycles. The van der Waals surface area contributed by atoms with E-state index in [1.165, 1.54) is 20.0 Å². The fourth-order valence-electron chi connectivity index (χ4n) is 3.28. The molecular formula is C18H28N3O3+. The van der Waals surface area contributed by atoms with Crippen LogP contribution in [0.2, 0.25) is 0 Å². The van der Waals surface area contributed by atoms with Crippen molar-refractivity contribution in [2.24, 2.45) is 5.92 Å². The smallest absolute Gasteiger partial charge is 0.319 e. The lowest BCUT2D eigenvalue weighted by Crippen LogP contribution is -2.35. The number of carbonyl (C=O) groups excluding carboxylic acids is 1. The van der Waals surface area contributed by atoms with E-state index in [0.29, 0.717) is 41.1 Å². The molecule has 1 aromatic rings. The van der Waals surface area contributed by atoms with Gasteiger partial charge >= 0.3 is 5.69 Å². The second kappa shape index (κ2) is 8.78. The largest absolute Gasteiger partial charge is 0.352 e. The van der Waals surface area contributed by atoms with Crippen LogP contribution in [0.3, 0.4) is 0 Å². The van der Waals surface area contributed by atoms with Gasteiger partial charge in [-0.05, 0) is 57.2 Å². The molecule has 132 valence electrons. The molecule has 2 rings (SSSR count). The zero-order chi connectivity index (χ0) is 17.5. The molecular weight excluding hydrogens is 306 g/mol. The lowest BCUT2D eigenvalue weighted by Gasteiger charge is -2.28. The maximum Gasteiger partial charge on any atom is 0.319 e. The quantitative estimate of drug-likeness (QED) is 0.752. The molecule has 0 unspecified atom stereocenters. The van der Waals surface area contributed by atoms with E-state index < -0.39 is 0 Å². The first-order valence-electron chi connectivity index (χ1n) is 8.68. The highest BCUT2D eigenvalue weighted by Gasteiger charge is 2.23. The molecule has 24 heavy (non-hydrogen) atoms. The lowest BCUT2D eigenvalue weighted by atomic mass is 9.86. The van der Waals surface area contributed by atoms with Gasteiger partial charge in [0.2, 0.25) is 0 Å². The summed E-state index contributed by atoms with van der Waals surface area (Å²) in [6.07, 6.45) is 5.28. The molecule has 0 radical (unpaired) electrons. The van der Waals surface area contributed by atoms with Crippen molar-refractivity contribution in [2.75, 3.05) is 20.7 Å². The molecule has 6 heteroatoms. The van der Waals surface area contributed by atoms with Gasteiger partial charge in [-0.2, -0.15) is 0 Å². The Bertz CT molecular complexity index is 581. The SMILES string of the molecule is CCc1cc(C(=O)NCC2CCC(NC)CC2)ccc1[N+](=O)OC. The molecule has 0 heterocycles. The lowest BCUT2D eigenvalue weighted by molar-refractivity contribution is -0.737. The summed E-state index contributed by atoms with van der Waals surface area (Å²) in [5.41, 5.74) is 1.83. The second-order valence-electron chi connectivity index (χ2n) is 6.35. The number of amides is 1. The molecule has 1 fully saturated rings. The third kappa shape index (κ3) is 4.54. The highest BCUT2D eigenvalue weighted by Crippen LogP contribution is 2.24. The van der Waals surface area contributed by atoms with Crippen molar-refractivity contribution >= 4 is 11.6 Å². The molecule has 0 bridgehead atoms. The Labute approximate surface area is 143 Å². The molecule has 1 saturated carbocycles. The van der Waals surface area contributed by atoms with Crippen LogP contribution < -0.4 is 10.6 Å². The van der Waals surface area contributed by atoms with Gasteiger partial charge in [0.15, 0.2) is 7.11 Å². The molecule has 1 amide bonds. The molecule has 1 aliphatic carbocycles. The highest BCUT2D eigenvalue weighted by molar-refractivity contribution is 5.94. The predicted molar refractivity (Wildman–Crippen MR) is 93.3 cm³/mol. The van der Waals surface area contributed by atoms with Crippen molar-refractivity contribution in [2.45, 2.75) is 45.1 Å². The van der Waals surface area contributed by atoms with Gasteiger partial charge in [0.05, 0.1) is 4.91 Å². The standard InChI is InChI=1S/C18H27N3O3/c1-4-14-11-15(7-10-17(14)21(23)24-3)18(22)20-12-13-5-8-16(19-2)9-6-13/h7,10-11,13,16,19H,4-6,8-9,12H2,1-3H3/p+1. The zero-order valence-corrected chi connectivity index (χ0v) is 14.8. The van der Waals surface area contributed by atoms with E-state index in [9.17, 15) is 9.70 Å². The van der Waals surface area contributed by atoms with Crippen LogP contribution in [0.4, 0.5) is 5.69 Å². The van der Waals surface area contributed by atoms with E-state index in [1.807, 2.05) is 14.0 Å². The number of rotatable bonds is 7. The van der Waals surface area contributed by atoms with Crippen LogP contribution in [0.25, 0.3) is 0 Å². The van der Waals surface area contributed by atoms with Gasteiger partial charge in [-0.3, -0.25) is 4.79 Å². The van der Waals surface area contributed by atoms with Crippen molar-refractivity contribution < 1.29 is 14.6 Å². The van der Waals surface area contributed by atoms with Crippen molar-refractivity contribution in [3.63, 3.8) is 0 Å². The summed E-state index contributed by atoms with van der Waals surface area (Å²) in [6.45, 7) is 2.66. The molecule has 0 aromatic heterocycles. The third-order valence-corrected chi connectivity index (χ3v) is 4.89. The Morgan fingerprint density at radius 2 is 2.00 bits per heavy atom. The molecule has 0 atom stereocenters. The Hall–Kier alpha value is -1.95. The van der Waals surface area contributed by atoms with Crippen LogP contribution >= 0.6 is 0 Å². The summed E-state index contributed by atoms with van der Waals surface area (Å²) in [7, 11) is 3.34. The zero-order valence-electron chi connectivity index (χ0n) is 14.8. The number of benzene rings is 1. The van der Waals surface area contributed by atoms with Crippen LogP contribution in [-0.2, 0) is 11.3 Å². The Morgan fingerprint density at radius 1 is 1.29 bits per heavy atom. The Morgan fingerprint density at radius 3 is 2.58 bits per heavy atom. The normalized spacial score (nSPS) is 20.5.